The van der Waals surface area contributed by atoms with Crippen molar-refractivity contribution in [3.63, 3.8) is 0 Å². The molecule has 0 radical (unpaired) electrons. The number of hydrogen-bond donors (Lipinski definition) is 1. The van der Waals surface area contributed by atoms with Gasteiger partial charge in [0, 0.05) is 5.75 Å². The maximum absolute atomic E-state index is 11.6. The Morgan fingerprint density at radius 2 is 2.33 bits per heavy atom. The van der Waals surface area contributed by atoms with Crippen LogP contribution in [0.15, 0.2) is 11.3 Å². The molecule has 0 bridgehead atoms. The normalized spacial score (nSPS) is 30.0. The zero-order valence-corrected chi connectivity index (χ0v) is 9.50. The van der Waals surface area contributed by atoms with Crippen molar-refractivity contribution in [2.24, 2.45) is 5.92 Å². The van der Waals surface area contributed by atoms with Crippen molar-refractivity contribution >= 4 is 23.6 Å². The van der Waals surface area contributed by atoms with Crippen molar-refractivity contribution < 1.29 is 14.7 Å². The summed E-state index contributed by atoms with van der Waals surface area (Å²) < 4.78 is 0. The molecule has 0 aromatic rings. The summed E-state index contributed by atoms with van der Waals surface area (Å²) in [6, 6.07) is 0. The molecule has 0 saturated carbocycles. The molecule has 2 rings (SSSR count). The molecule has 0 aliphatic carbocycles. The quantitative estimate of drug-likeness (QED) is 0.722. The zero-order valence-electron chi connectivity index (χ0n) is 8.69. The lowest BCUT2D eigenvalue weighted by molar-refractivity contribution is -0.151. The average molecular weight is 227 g/mol. The lowest BCUT2D eigenvalue weighted by atomic mass is 9.97. The number of fused-ring (bicyclic) bond motifs is 1. The van der Waals surface area contributed by atoms with Crippen molar-refractivity contribution in [1.82, 2.24) is 4.90 Å². The third-order valence-corrected chi connectivity index (χ3v) is 4.42. The van der Waals surface area contributed by atoms with Crippen LogP contribution in [0.25, 0.3) is 0 Å². The van der Waals surface area contributed by atoms with Crippen molar-refractivity contribution in [2.45, 2.75) is 25.6 Å². The highest BCUT2D eigenvalue weighted by Crippen LogP contribution is 2.43. The molecule has 2 aliphatic rings. The number of aliphatic carboxylic acids is 1. The van der Waals surface area contributed by atoms with Crippen LogP contribution >= 0.6 is 11.8 Å². The van der Waals surface area contributed by atoms with E-state index in [0.717, 1.165) is 11.3 Å². The predicted molar refractivity (Wildman–Crippen MR) is 57.2 cm³/mol. The molecule has 2 atom stereocenters. The van der Waals surface area contributed by atoms with E-state index in [9.17, 15) is 9.59 Å². The van der Waals surface area contributed by atoms with Crippen LogP contribution in [0.4, 0.5) is 0 Å². The molecule has 1 fully saturated rings. The van der Waals surface area contributed by atoms with E-state index in [2.05, 4.69) is 0 Å². The first kappa shape index (κ1) is 10.5. The topological polar surface area (TPSA) is 57.6 Å². The van der Waals surface area contributed by atoms with Gasteiger partial charge in [-0.3, -0.25) is 9.69 Å². The first-order valence-corrected chi connectivity index (χ1v) is 6.02. The van der Waals surface area contributed by atoms with Gasteiger partial charge in [0.05, 0.1) is 11.3 Å². The molecule has 0 aromatic carbocycles. The Morgan fingerprint density at radius 3 is 2.87 bits per heavy atom. The largest absolute Gasteiger partial charge is 0.477 e. The second-order valence-corrected chi connectivity index (χ2v) is 4.91. The Labute approximate surface area is 92.3 Å². The van der Waals surface area contributed by atoms with Gasteiger partial charge in [0.15, 0.2) is 0 Å². The fourth-order valence-corrected chi connectivity index (χ4v) is 3.49. The Bertz CT molecular complexity index is 364. The molecule has 0 aromatic heterocycles. The maximum atomic E-state index is 11.6. The summed E-state index contributed by atoms with van der Waals surface area (Å²) in [6.45, 7) is 3.78. The third kappa shape index (κ3) is 1.37. The van der Waals surface area contributed by atoms with Crippen molar-refractivity contribution in [3.8, 4) is 0 Å². The molecule has 1 saturated heterocycles. The summed E-state index contributed by atoms with van der Waals surface area (Å²) >= 11 is 1.66. The average Bonchev–Trinajstić information content (AvgIpc) is 2.25. The lowest BCUT2D eigenvalue weighted by Crippen LogP contribution is -2.60. The van der Waals surface area contributed by atoms with E-state index in [0.29, 0.717) is 6.42 Å². The zero-order chi connectivity index (χ0) is 11.2. The Kier molecular flexibility index (Phi) is 2.50. The minimum Gasteiger partial charge on any atom is -0.477 e. The van der Waals surface area contributed by atoms with Crippen LogP contribution in [0.3, 0.4) is 0 Å². The minimum atomic E-state index is -0.975. The van der Waals surface area contributed by atoms with Crippen LogP contribution in [0, 0.1) is 5.92 Å². The van der Waals surface area contributed by atoms with Gasteiger partial charge in [-0.25, -0.2) is 4.79 Å². The Morgan fingerprint density at radius 1 is 1.67 bits per heavy atom. The Hall–Kier alpha value is -0.970. The van der Waals surface area contributed by atoms with Crippen LogP contribution < -0.4 is 0 Å². The van der Waals surface area contributed by atoms with Crippen LogP contribution in [-0.4, -0.2) is 33.0 Å². The van der Waals surface area contributed by atoms with E-state index >= 15 is 0 Å². The van der Waals surface area contributed by atoms with Gasteiger partial charge in [-0.15, -0.1) is 11.8 Å². The van der Waals surface area contributed by atoms with E-state index < -0.39 is 5.97 Å². The smallest absolute Gasteiger partial charge is 0.352 e. The summed E-state index contributed by atoms with van der Waals surface area (Å²) in [7, 11) is 0. The molecule has 82 valence electrons. The number of carbonyl (C=O) groups excluding carboxylic acids is 1. The Balaban J connectivity index is 2.38. The molecular weight excluding hydrogens is 214 g/mol. The fourth-order valence-electron chi connectivity index (χ4n) is 2.01. The van der Waals surface area contributed by atoms with Gasteiger partial charge >= 0.3 is 5.97 Å². The van der Waals surface area contributed by atoms with Crippen molar-refractivity contribution in [3.05, 3.63) is 11.3 Å². The van der Waals surface area contributed by atoms with Gasteiger partial charge in [0.25, 0.3) is 0 Å². The second kappa shape index (κ2) is 3.56. The molecule has 1 N–H and O–H groups in total. The minimum absolute atomic E-state index is 0.0391. The van der Waals surface area contributed by atoms with E-state index in [1.165, 1.54) is 4.90 Å². The monoisotopic (exact) mass is 227 g/mol. The molecule has 5 heteroatoms. The molecule has 1 amide bonds. The van der Waals surface area contributed by atoms with Crippen molar-refractivity contribution in [1.29, 1.82) is 0 Å². The van der Waals surface area contributed by atoms with Crippen LogP contribution in [0.2, 0.25) is 0 Å². The van der Waals surface area contributed by atoms with Gasteiger partial charge in [-0.1, -0.05) is 13.8 Å². The number of nitrogens with zero attached hydrogens (tertiary/aromatic N) is 1. The number of carbonyl (C=O) groups is 2. The number of hydrogen-bond acceptors (Lipinski definition) is 3. The first-order valence-electron chi connectivity index (χ1n) is 4.98. The fraction of sp³-hybridized carbons (Fsp3) is 0.600. The van der Waals surface area contributed by atoms with Gasteiger partial charge < -0.3 is 5.11 Å². The highest BCUT2D eigenvalue weighted by molar-refractivity contribution is 8.00. The molecule has 2 aliphatic heterocycles. The molecular formula is C10H13NO3S. The number of amides is 1. The maximum Gasteiger partial charge on any atom is 0.352 e. The highest BCUT2D eigenvalue weighted by Gasteiger charge is 2.50. The predicted octanol–water partition coefficient (Wildman–Crippen LogP) is 1.29. The molecule has 4 nitrogen and oxygen atoms in total. The lowest BCUT2D eigenvalue weighted by Gasteiger charge is -2.48. The standard InChI is InChI=1S/C10H13NO3S/c1-3-6-4-15-9-5(2)8(12)11(9)7(6)10(13)14/h5,9H,3-4H2,1-2H3,(H,13,14). The van der Waals surface area contributed by atoms with E-state index in [-0.39, 0.29) is 22.9 Å². The van der Waals surface area contributed by atoms with Gasteiger partial charge in [0.2, 0.25) is 5.91 Å². The first-order chi connectivity index (χ1) is 7.07. The van der Waals surface area contributed by atoms with E-state index in [1.807, 2.05) is 13.8 Å². The number of carboxylic acids is 1. The number of rotatable bonds is 2. The number of β-lactam (4-membered cyclic amide) rings is 1. The number of carboxylic acid groups (broad SMARTS) is 1. The highest BCUT2D eigenvalue weighted by atomic mass is 32.2. The van der Waals surface area contributed by atoms with Crippen molar-refractivity contribution in [2.75, 3.05) is 5.75 Å². The van der Waals surface area contributed by atoms with E-state index in [4.69, 9.17) is 5.11 Å². The van der Waals surface area contributed by atoms with E-state index in [1.54, 1.807) is 11.8 Å². The van der Waals surface area contributed by atoms with Gasteiger partial charge in [-0.2, -0.15) is 0 Å². The van der Waals surface area contributed by atoms with Crippen LogP contribution in [-0.2, 0) is 9.59 Å². The van der Waals surface area contributed by atoms with Crippen LogP contribution in [0.1, 0.15) is 20.3 Å². The second-order valence-electron chi connectivity index (χ2n) is 3.81. The van der Waals surface area contributed by atoms with Gasteiger partial charge in [0.1, 0.15) is 5.70 Å². The summed E-state index contributed by atoms with van der Waals surface area (Å²) in [5.74, 6) is -0.340. The SMILES string of the molecule is CCC1=C(C(=O)O)N2C(=O)C(C)C2SC1. The molecule has 0 spiro atoms. The molecule has 15 heavy (non-hydrogen) atoms. The summed E-state index contributed by atoms with van der Waals surface area (Å²) in [5, 5.41) is 9.15. The third-order valence-electron chi connectivity index (χ3n) is 2.94. The molecule has 2 unspecified atom stereocenters. The molecule has 2 heterocycles. The van der Waals surface area contributed by atoms with Crippen LogP contribution in [0.5, 0.6) is 0 Å². The summed E-state index contributed by atoms with van der Waals surface area (Å²) in [5.41, 5.74) is 1.09. The summed E-state index contributed by atoms with van der Waals surface area (Å²) in [6.07, 6.45) is 0.694. The number of thioether (sulfide) groups is 1. The summed E-state index contributed by atoms with van der Waals surface area (Å²) in [4.78, 5) is 24.1. The van der Waals surface area contributed by atoms with Gasteiger partial charge in [-0.05, 0) is 12.0 Å².